The summed E-state index contributed by atoms with van der Waals surface area (Å²) in [6, 6.07) is 10.5. The lowest BCUT2D eigenvalue weighted by molar-refractivity contribution is 0.542. The van der Waals surface area contributed by atoms with E-state index in [0.717, 1.165) is 31.9 Å². The Bertz CT molecular complexity index is 486. The van der Waals surface area contributed by atoms with Gasteiger partial charge in [0.05, 0.1) is 6.54 Å². The first-order valence-electron chi connectivity index (χ1n) is 6.53. The predicted octanol–water partition coefficient (Wildman–Crippen LogP) is 1.48. The minimum atomic E-state index is 0.712. The van der Waals surface area contributed by atoms with E-state index < -0.39 is 0 Å². The van der Waals surface area contributed by atoms with Crippen LogP contribution in [0.1, 0.15) is 17.8 Å². The van der Waals surface area contributed by atoms with E-state index in [1.165, 1.54) is 12.0 Å². The number of nitrogens with one attached hydrogen (secondary N) is 1. The Labute approximate surface area is 107 Å². The summed E-state index contributed by atoms with van der Waals surface area (Å²) in [5.41, 5.74) is 1.29. The molecule has 1 aromatic carbocycles. The molecule has 1 aliphatic heterocycles. The highest BCUT2D eigenvalue weighted by atomic mass is 15.3. The van der Waals surface area contributed by atoms with Crippen molar-refractivity contribution in [1.82, 2.24) is 20.1 Å². The van der Waals surface area contributed by atoms with Crippen molar-refractivity contribution < 1.29 is 0 Å². The largest absolute Gasteiger partial charge is 0.316 e. The van der Waals surface area contributed by atoms with E-state index in [1.54, 1.807) is 0 Å². The topological polar surface area (TPSA) is 42.7 Å². The van der Waals surface area contributed by atoms with Crippen LogP contribution < -0.4 is 5.32 Å². The van der Waals surface area contributed by atoms with Crippen molar-refractivity contribution in [2.45, 2.75) is 19.4 Å². The van der Waals surface area contributed by atoms with E-state index in [4.69, 9.17) is 0 Å². The summed E-state index contributed by atoms with van der Waals surface area (Å²) in [7, 11) is 0. The van der Waals surface area contributed by atoms with Gasteiger partial charge in [-0.05, 0) is 31.0 Å². The standard InChI is InChI=1S/C14H18N4/c1-2-4-12(5-3-1)10-18-11-16-17-14(18)8-13-6-7-15-9-13/h1-5,11,13,15H,6-10H2. The van der Waals surface area contributed by atoms with Crippen LogP contribution in [0.25, 0.3) is 0 Å². The van der Waals surface area contributed by atoms with Crippen LogP contribution in [0, 0.1) is 5.92 Å². The molecule has 1 atom stereocenters. The van der Waals surface area contributed by atoms with Crippen LogP contribution >= 0.6 is 0 Å². The molecule has 1 saturated heterocycles. The Morgan fingerprint density at radius 3 is 2.94 bits per heavy atom. The molecule has 0 radical (unpaired) electrons. The molecule has 18 heavy (non-hydrogen) atoms. The first-order valence-corrected chi connectivity index (χ1v) is 6.53. The van der Waals surface area contributed by atoms with Gasteiger partial charge >= 0.3 is 0 Å². The van der Waals surface area contributed by atoms with Crippen molar-refractivity contribution in [3.63, 3.8) is 0 Å². The summed E-state index contributed by atoms with van der Waals surface area (Å²) >= 11 is 0. The molecule has 2 heterocycles. The second-order valence-corrected chi connectivity index (χ2v) is 4.92. The third-order valence-electron chi connectivity index (χ3n) is 3.53. The fraction of sp³-hybridized carbons (Fsp3) is 0.429. The third-order valence-corrected chi connectivity index (χ3v) is 3.53. The monoisotopic (exact) mass is 242 g/mol. The first-order chi connectivity index (χ1) is 8.92. The maximum absolute atomic E-state index is 4.26. The molecule has 4 nitrogen and oxygen atoms in total. The van der Waals surface area contributed by atoms with Gasteiger partial charge in [0.1, 0.15) is 12.2 Å². The van der Waals surface area contributed by atoms with E-state index in [-0.39, 0.29) is 0 Å². The highest BCUT2D eigenvalue weighted by molar-refractivity contribution is 5.15. The number of hydrogen-bond acceptors (Lipinski definition) is 3. The SMILES string of the molecule is c1ccc(Cn2cnnc2CC2CCNC2)cc1. The number of nitrogens with zero attached hydrogens (tertiary/aromatic N) is 3. The molecule has 1 aromatic heterocycles. The second-order valence-electron chi connectivity index (χ2n) is 4.92. The van der Waals surface area contributed by atoms with Gasteiger partial charge < -0.3 is 9.88 Å². The number of hydrogen-bond donors (Lipinski definition) is 1. The van der Waals surface area contributed by atoms with Gasteiger partial charge in [-0.2, -0.15) is 0 Å². The fourth-order valence-electron chi connectivity index (χ4n) is 2.50. The summed E-state index contributed by atoms with van der Waals surface area (Å²) in [6.45, 7) is 3.11. The molecule has 0 aliphatic carbocycles. The number of rotatable bonds is 4. The van der Waals surface area contributed by atoms with Gasteiger partial charge in [-0.1, -0.05) is 30.3 Å². The van der Waals surface area contributed by atoms with Gasteiger partial charge in [0.2, 0.25) is 0 Å². The summed E-state index contributed by atoms with van der Waals surface area (Å²) < 4.78 is 2.16. The van der Waals surface area contributed by atoms with Gasteiger partial charge in [-0.15, -0.1) is 10.2 Å². The molecule has 1 aliphatic rings. The van der Waals surface area contributed by atoms with E-state index >= 15 is 0 Å². The van der Waals surface area contributed by atoms with Crippen LogP contribution in [-0.2, 0) is 13.0 Å². The van der Waals surface area contributed by atoms with Crippen molar-refractivity contribution in [3.05, 3.63) is 48.0 Å². The molecule has 0 bridgehead atoms. The van der Waals surface area contributed by atoms with Crippen LogP contribution in [0.2, 0.25) is 0 Å². The summed E-state index contributed by atoms with van der Waals surface area (Å²) in [6.07, 6.45) is 4.11. The molecule has 0 amide bonds. The van der Waals surface area contributed by atoms with E-state index in [0.29, 0.717) is 5.92 Å². The van der Waals surface area contributed by atoms with Gasteiger partial charge in [0.25, 0.3) is 0 Å². The summed E-state index contributed by atoms with van der Waals surface area (Å²) in [5, 5.41) is 11.7. The molecule has 1 N–H and O–H groups in total. The molecule has 0 saturated carbocycles. The van der Waals surface area contributed by atoms with Crippen LogP contribution in [0.3, 0.4) is 0 Å². The fourth-order valence-corrected chi connectivity index (χ4v) is 2.50. The van der Waals surface area contributed by atoms with Crippen LogP contribution in [0.15, 0.2) is 36.7 Å². The van der Waals surface area contributed by atoms with E-state index in [2.05, 4.69) is 44.3 Å². The molecule has 3 rings (SSSR count). The van der Waals surface area contributed by atoms with Gasteiger partial charge in [0, 0.05) is 6.42 Å². The average Bonchev–Trinajstić information content (AvgIpc) is 3.04. The predicted molar refractivity (Wildman–Crippen MR) is 70.2 cm³/mol. The van der Waals surface area contributed by atoms with Gasteiger partial charge in [-0.25, -0.2) is 0 Å². The van der Waals surface area contributed by atoms with E-state index in [9.17, 15) is 0 Å². The molecular weight excluding hydrogens is 224 g/mol. The van der Waals surface area contributed by atoms with E-state index in [1.807, 2.05) is 12.4 Å². The maximum Gasteiger partial charge on any atom is 0.133 e. The zero-order valence-corrected chi connectivity index (χ0v) is 10.4. The van der Waals surface area contributed by atoms with Crippen LogP contribution in [0.5, 0.6) is 0 Å². The molecule has 1 unspecified atom stereocenters. The third kappa shape index (κ3) is 2.59. The smallest absolute Gasteiger partial charge is 0.133 e. The van der Waals surface area contributed by atoms with Crippen molar-refractivity contribution in [1.29, 1.82) is 0 Å². The Morgan fingerprint density at radius 1 is 1.28 bits per heavy atom. The van der Waals surface area contributed by atoms with Gasteiger partial charge in [0.15, 0.2) is 0 Å². The highest BCUT2D eigenvalue weighted by Gasteiger charge is 2.17. The highest BCUT2D eigenvalue weighted by Crippen LogP contribution is 2.14. The Kier molecular flexibility index (Phi) is 3.37. The molecule has 0 spiro atoms. The summed E-state index contributed by atoms with van der Waals surface area (Å²) in [5.74, 6) is 1.82. The molecular formula is C14H18N4. The minimum Gasteiger partial charge on any atom is -0.316 e. The van der Waals surface area contributed by atoms with Crippen molar-refractivity contribution >= 4 is 0 Å². The normalized spacial score (nSPS) is 19.2. The molecule has 2 aromatic rings. The molecule has 4 heteroatoms. The number of aromatic nitrogens is 3. The number of benzene rings is 1. The zero-order valence-electron chi connectivity index (χ0n) is 10.4. The quantitative estimate of drug-likeness (QED) is 0.883. The van der Waals surface area contributed by atoms with Gasteiger partial charge in [-0.3, -0.25) is 0 Å². The lowest BCUT2D eigenvalue weighted by Crippen LogP contribution is -2.14. The Balaban J connectivity index is 1.71. The van der Waals surface area contributed by atoms with Crippen LogP contribution in [-0.4, -0.2) is 27.9 Å². The molecule has 94 valence electrons. The minimum absolute atomic E-state index is 0.712. The summed E-state index contributed by atoms with van der Waals surface area (Å²) in [4.78, 5) is 0. The first kappa shape index (κ1) is 11.4. The van der Waals surface area contributed by atoms with Crippen LogP contribution in [0.4, 0.5) is 0 Å². The zero-order chi connectivity index (χ0) is 12.2. The Hall–Kier alpha value is -1.68. The second kappa shape index (κ2) is 5.31. The maximum atomic E-state index is 4.26. The van der Waals surface area contributed by atoms with Crippen molar-refractivity contribution in [2.24, 2.45) is 5.92 Å². The Morgan fingerprint density at radius 2 is 2.17 bits per heavy atom. The molecule has 1 fully saturated rings. The lowest BCUT2D eigenvalue weighted by Gasteiger charge is -2.10. The lowest BCUT2D eigenvalue weighted by atomic mass is 10.0. The van der Waals surface area contributed by atoms with Crippen molar-refractivity contribution in [2.75, 3.05) is 13.1 Å². The van der Waals surface area contributed by atoms with Crippen molar-refractivity contribution in [3.8, 4) is 0 Å². The average molecular weight is 242 g/mol.